The van der Waals surface area contributed by atoms with E-state index in [2.05, 4.69) is 10.6 Å². The van der Waals surface area contributed by atoms with Crippen molar-refractivity contribution in [3.05, 3.63) is 53.1 Å². The molecule has 5 N–H and O–H groups in total. The van der Waals surface area contributed by atoms with Gasteiger partial charge in [-0.25, -0.2) is 0 Å². The van der Waals surface area contributed by atoms with Crippen molar-refractivity contribution < 1.29 is 24.2 Å². The number of fused-ring (bicyclic) bond motifs is 1. The topological polar surface area (TPSA) is 123 Å². The number of primary amides is 1. The summed E-state index contributed by atoms with van der Waals surface area (Å²) < 4.78 is 10.6. The third kappa shape index (κ3) is 4.29. The van der Waals surface area contributed by atoms with E-state index in [9.17, 15) is 14.7 Å². The minimum absolute atomic E-state index is 0.101. The van der Waals surface area contributed by atoms with Gasteiger partial charge in [0.1, 0.15) is 0 Å². The second-order valence-electron chi connectivity index (χ2n) is 6.22. The number of aliphatic hydroxyl groups is 1. The predicted octanol–water partition coefficient (Wildman–Crippen LogP) is 1.24. The van der Waals surface area contributed by atoms with Crippen LogP contribution in [-0.4, -0.2) is 36.4 Å². The summed E-state index contributed by atoms with van der Waals surface area (Å²) in [5.74, 6) is 0.310. The highest BCUT2D eigenvalue weighted by Crippen LogP contribution is 2.32. The smallest absolute Gasteiger partial charge is 0.253 e. The number of nitrogens with two attached hydrogens (primary N) is 1. The standard InChI is InChI=1S/C19H21N3O5/c1-11(9-23)22-15-4-3-13(18(20)24)7-14(15)19(25)21-8-12-2-5-16-17(6-12)27-10-26-16/h2-7,11,22-23H,8-10H2,1H3,(H2,20,24)(H,21,25)/t11-/m1/s1. The van der Waals surface area contributed by atoms with Crippen LogP contribution in [0.25, 0.3) is 0 Å². The minimum Gasteiger partial charge on any atom is -0.454 e. The third-order valence-electron chi connectivity index (χ3n) is 4.11. The number of amides is 2. The van der Waals surface area contributed by atoms with Gasteiger partial charge in [-0.15, -0.1) is 0 Å². The van der Waals surface area contributed by atoms with Crippen LogP contribution in [0.1, 0.15) is 33.2 Å². The Hall–Kier alpha value is -3.26. The Morgan fingerprint density at radius 2 is 1.96 bits per heavy atom. The molecule has 0 radical (unpaired) electrons. The predicted molar refractivity (Wildman–Crippen MR) is 98.9 cm³/mol. The number of nitrogens with one attached hydrogen (secondary N) is 2. The molecule has 1 aliphatic rings. The molecule has 1 atom stereocenters. The largest absolute Gasteiger partial charge is 0.454 e. The van der Waals surface area contributed by atoms with Crippen molar-refractivity contribution in [2.75, 3.05) is 18.7 Å². The van der Waals surface area contributed by atoms with Gasteiger partial charge in [-0.1, -0.05) is 6.07 Å². The van der Waals surface area contributed by atoms with E-state index in [4.69, 9.17) is 15.2 Å². The number of anilines is 1. The van der Waals surface area contributed by atoms with Gasteiger partial charge in [-0.3, -0.25) is 9.59 Å². The minimum atomic E-state index is -0.624. The summed E-state index contributed by atoms with van der Waals surface area (Å²) >= 11 is 0. The van der Waals surface area contributed by atoms with E-state index in [-0.39, 0.29) is 43.0 Å². The molecule has 2 amide bonds. The van der Waals surface area contributed by atoms with Crippen molar-refractivity contribution in [3.63, 3.8) is 0 Å². The number of hydrogen-bond donors (Lipinski definition) is 4. The van der Waals surface area contributed by atoms with Crippen LogP contribution >= 0.6 is 0 Å². The molecule has 3 rings (SSSR count). The average molecular weight is 371 g/mol. The number of benzene rings is 2. The zero-order chi connectivity index (χ0) is 19.4. The monoisotopic (exact) mass is 371 g/mol. The fourth-order valence-electron chi connectivity index (χ4n) is 2.65. The highest BCUT2D eigenvalue weighted by molar-refractivity contribution is 6.03. The van der Waals surface area contributed by atoms with Gasteiger partial charge >= 0.3 is 0 Å². The second-order valence-corrected chi connectivity index (χ2v) is 6.22. The van der Waals surface area contributed by atoms with Crippen molar-refractivity contribution in [2.45, 2.75) is 19.5 Å². The van der Waals surface area contributed by atoms with E-state index < -0.39 is 5.91 Å². The summed E-state index contributed by atoms with van der Waals surface area (Å²) in [7, 11) is 0. The first kappa shape index (κ1) is 18.5. The van der Waals surface area contributed by atoms with E-state index in [1.54, 1.807) is 25.1 Å². The van der Waals surface area contributed by atoms with Gasteiger partial charge in [0.25, 0.3) is 5.91 Å². The number of aliphatic hydroxyl groups excluding tert-OH is 1. The Kier molecular flexibility index (Phi) is 5.46. The van der Waals surface area contributed by atoms with Gasteiger partial charge in [0.05, 0.1) is 12.2 Å². The first-order valence-electron chi connectivity index (χ1n) is 8.46. The molecule has 0 bridgehead atoms. The van der Waals surface area contributed by atoms with Gasteiger partial charge in [-0.05, 0) is 42.8 Å². The normalized spacial score (nSPS) is 13.1. The van der Waals surface area contributed by atoms with Gasteiger partial charge in [0.15, 0.2) is 11.5 Å². The SMILES string of the molecule is C[C@H](CO)Nc1ccc(C(N)=O)cc1C(=O)NCc1ccc2c(c1)OCO2. The quantitative estimate of drug-likeness (QED) is 0.581. The summed E-state index contributed by atoms with van der Waals surface area (Å²) in [5.41, 5.74) is 7.17. The lowest BCUT2D eigenvalue weighted by atomic mass is 10.1. The second kappa shape index (κ2) is 7.96. The van der Waals surface area contributed by atoms with E-state index in [1.807, 2.05) is 6.07 Å². The van der Waals surface area contributed by atoms with Crippen LogP contribution in [0.3, 0.4) is 0 Å². The molecule has 0 fully saturated rings. The maximum atomic E-state index is 12.7. The van der Waals surface area contributed by atoms with E-state index >= 15 is 0 Å². The van der Waals surface area contributed by atoms with Crippen LogP contribution in [0, 0.1) is 0 Å². The molecule has 0 saturated heterocycles. The lowest BCUT2D eigenvalue weighted by molar-refractivity contribution is 0.0951. The molecule has 0 aliphatic carbocycles. The van der Waals surface area contributed by atoms with Crippen molar-refractivity contribution in [2.24, 2.45) is 5.73 Å². The molecule has 0 saturated carbocycles. The maximum absolute atomic E-state index is 12.7. The lowest BCUT2D eigenvalue weighted by Gasteiger charge is -2.17. The highest BCUT2D eigenvalue weighted by Gasteiger charge is 2.17. The number of carbonyl (C=O) groups excluding carboxylic acids is 2. The van der Waals surface area contributed by atoms with E-state index in [0.29, 0.717) is 17.2 Å². The van der Waals surface area contributed by atoms with Crippen LogP contribution in [-0.2, 0) is 6.54 Å². The number of rotatable bonds is 7. The number of ether oxygens (including phenoxy) is 2. The summed E-state index contributed by atoms with van der Waals surface area (Å²) in [6, 6.07) is 9.73. The molecule has 2 aromatic carbocycles. The fraction of sp³-hybridized carbons (Fsp3) is 0.263. The van der Waals surface area contributed by atoms with Gasteiger partial charge in [-0.2, -0.15) is 0 Å². The first-order chi connectivity index (χ1) is 13.0. The maximum Gasteiger partial charge on any atom is 0.253 e. The molecular weight excluding hydrogens is 350 g/mol. The summed E-state index contributed by atoms with van der Waals surface area (Å²) in [4.78, 5) is 24.2. The molecule has 8 nitrogen and oxygen atoms in total. The summed E-state index contributed by atoms with van der Waals surface area (Å²) in [5, 5.41) is 15.1. The van der Waals surface area contributed by atoms with Crippen LogP contribution in [0.4, 0.5) is 5.69 Å². The summed E-state index contributed by atoms with van der Waals surface area (Å²) in [6.45, 7) is 2.13. The van der Waals surface area contributed by atoms with E-state index in [0.717, 1.165) is 5.56 Å². The lowest BCUT2D eigenvalue weighted by Crippen LogP contribution is -2.27. The number of hydrogen-bond acceptors (Lipinski definition) is 6. The Morgan fingerprint density at radius 1 is 1.19 bits per heavy atom. The molecule has 0 aromatic heterocycles. The Bertz CT molecular complexity index is 868. The van der Waals surface area contributed by atoms with Crippen molar-refractivity contribution in [3.8, 4) is 11.5 Å². The van der Waals surface area contributed by atoms with Crippen LogP contribution in [0.5, 0.6) is 11.5 Å². The van der Waals surface area contributed by atoms with E-state index in [1.165, 1.54) is 12.1 Å². The van der Waals surface area contributed by atoms with Crippen molar-refractivity contribution in [1.82, 2.24) is 5.32 Å². The molecule has 0 spiro atoms. The third-order valence-corrected chi connectivity index (χ3v) is 4.11. The average Bonchev–Trinajstić information content (AvgIpc) is 3.13. The highest BCUT2D eigenvalue weighted by atomic mass is 16.7. The Labute approximate surface area is 156 Å². The molecule has 1 aliphatic heterocycles. The van der Waals surface area contributed by atoms with Crippen LogP contribution < -0.4 is 25.8 Å². The molecule has 142 valence electrons. The van der Waals surface area contributed by atoms with Gasteiger partial charge < -0.3 is 30.9 Å². The molecule has 8 heteroatoms. The molecule has 2 aromatic rings. The number of carbonyl (C=O) groups is 2. The Morgan fingerprint density at radius 3 is 2.70 bits per heavy atom. The zero-order valence-electron chi connectivity index (χ0n) is 14.8. The molecule has 27 heavy (non-hydrogen) atoms. The molecular formula is C19H21N3O5. The van der Waals surface area contributed by atoms with Crippen LogP contribution in [0.15, 0.2) is 36.4 Å². The van der Waals surface area contributed by atoms with Crippen molar-refractivity contribution >= 4 is 17.5 Å². The van der Waals surface area contributed by atoms with Gasteiger partial charge in [0.2, 0.25) is 12.7 Å². The van der Waals surface area contributed by atoms with Crippen molar-refractivity contribution in [1.29, 1.82) is 0 Å². The molecule has 1 heterocycles. The Balaban J connectivity index is 1.77. The fourth-order valence-corrected chi connectivity index (χ4v) is 2.65. The zero-order valence-corrected chi connectivity index (χ0v) is 14.8. The summed E-state index contributed by atoms with van der Waals surface area (Å²) in [6.07, 6.45) is 0. The molecule has 0 unspecified atom stereocenters. The first-order valence-corrected chi connectivity index (χ1v) is 8.46. The van der Waals surface area contributed by atoms with Crippen LogP contribution in [0.2, 0.25) is 0 Å². The van der Waals surface area contributed by atoms with Gasteiger partial charge in [0, 0.05) is 23.8 Å².